The molecule has 1 N–H and O–H groups in total. The van der Waals surface area contributed by atoms with Crippen LogP contribution in [0.5, 0.6) is 11.5 Å². The number of hydrogen-bond acceptors (Lipinski definition) is 6. The summed E-state index contributed by atoms with van der Waals surface area (Å²) in [7, 11) is 0. The van der Waals surface area contributed by atoms with Crippen LogP contribution in [0, 0.1) is 0 Å². The van der Waals surface area contributed by atoms with Crippen LogP contribution in [0.3, 0.4) is 0 Å². The maximum atomic E-state index is 12.2. The predicted molar refractivity (Wildman–Crippen MR) is 109 cm³/mol. The van der Waals surface area contributed by atoms with E-state index in [1.165, 1.54) is 0 Å². The van der Waals surface area contributed by atoms with Gasteiger partial charge in [-0.15, -0.1) is 0 Å². The number of aromatic nitrogens is 2. The average molecular weight is 395 g/mol. The molecule has 0 saturated carbocycles. The first-order valence-corrected chi connectivity index (χ1v) is 9.72. The first kappa shape index (κ1) is 20.4. The smallest absolute Gasteiger partial charge is 0.246 e. The third kappa shape index (κ3) is 5.81. The Morgan fingerprint density at radius 1 is 1.03 bits per heavy atom. The molecule has 1 aromatic heterocycles. The molecule has 3 rings (SSSR count). The van der Waals surface area contributed by atoms with E-state index in [9.17, 15) is 4.79 Å². The maximum Gasteiger partial charge on any atom is 0.246 e. The Morgan fingerprint density at radius 3 is 2.55 bits per heavy atom. The summed E-state index contributed by atoms with van der Waals surface area (Å²) in [6, 6.07) is 15.3. The van der Waals surface area contributed by atoms with Gasteiger partial charge in [-0.25, -0.2) is 0 Å². The van der Waals surface area contributed by atoms with E-state index in [0.717, 1.165) is 11.1 Å². The first-order valence-electron chi connectivity index (χ1n) is 9.72. The second kappa shape index (κ2) is 10.3. The van der Waals surface area contributed by atoms with Crippen LogP contribution in [0.1, 0.15) is 31.7 Å². The highest BCUT2D eigenvalue weighted by molar-refractivity contribution is 5.76. The monoisotopic (exact) mass is 395 g/mol. The van der Waals surface area contributed by atoms with E-state index in [4.69, 9.17) is 14.0 Å². The molecule has 29 heavy (non-hydrogen) atoms. The van der Waals surface area contributed by atoms with Crippen LogP contribution in [0.15, 0.2) is 53.1 Å². The SMILES string of the molecule is CCOc1ccc(CCC(=O)NCc2nc(-c3ccccc3)no2)cc1OCC. The number of aryl methyl sites for hydroxylation is 1. The van der Waals surface area contributed by atoms with Gasteiger partial charge < -0.3 is 19.3 Å². The zero-order valence-electron chi connectivity index (χ0n) is 16.7. The molecule has 0 aliphatic carbocycles. The molecule has 3 aromatic rings. The van der Waals surface area contributed by atoms with Gasteiger partial charge in [-0.3, -0.25) is 4.79 Å². The number of carbonyl (C=O) groups is 1. The Kier molecular flexibility index (Phi) is 7.22. The van der Waals surface area contributed by atoms with Crippen LogP contribution in [-0.4, -0.2) is 29.3 Å². The standard InChI is InChI=1S/C22H25N3O4/c1-3-27-18-12-10-16(14-19(18)28-4-2)11-13-20(26)23-15-21-24-22(25-29-21)17-8-6-5-7-9-17/h5-10,12,14H,3-4,11,13,15H2,1-2H3,(H,23,26). The van der Waals surface area contributed by atoms with Crippen molar-refractivity contribution in [3.05, 3.63) is 60.0 Å². The van der Waals surface area contributed by atoms with Gasteiger partial charge in [-0.05, 0) is 38.0 Å². The zero-order chi connectivity index (χ0) is 20.5. The van der Waals surface area contributed by atoms with Crippen LogP contribution in [0.4, 0.5) is 0 Å². The maximum absolute atomic E-state index is 12.2. The molecule has 152 valence electrons. The minimum atomic E-state index is -0.0868. The molecule has 0 fully saturated rings. The average Bonchev–Trinajstić information content (AvgIpc) is 3.22. The van der Waals surface area contributed by atoms with E-state index < -0.39 is 0 Å². The molecule has 7 nitrogen and oxygen atoms in total. The normalized spacial score (nSPS) is 10.6. The minimum Gasteiger partial charge on any atom is -0.490 e. The van der Waals surface area contributed by atoms with Crippen molar-refractivity contribution in [2.45, 2.75) is 33.2 Å². The van der Waals surface area contributed by atoms with E-state index in [-0.39, 0.29) is 12.5 Å². The first-order chi connectivity index (χ1) is 14.2. The van der Waals surface area contributed by atoms with Gasteiger partial charge in [0.15, 0.2) is 11.5 Å². The minimum absolute atomic E-state index is 0.0868. The van der Waals surface area contributed by atoms with Crippen LogP contribution >= 0.6 is 0 Å². The fraction of sp³-hybridized carbons (Fsp3) is 0.318. The van der Waals surface area contributed by atoms with Crippen molar-refractivity contribution >= 4 is 5.91 Å². The molecule has 2 aromatic carbocycles. The molecule has 0 saturated heterocycles. The van der Waals surface area contributed by atoms with Gasteiger partial charge in [-0.2, -0.15) is 4.98 Å². The third-order valence-electron chi connectivity index (χ3n) is 4.19. The van der Waals surface area contributed by atoms with E-state index in [2.05, 4.69) is 15.5 Å². The lowest BCUT2D eigenvalue weighted by atomic mass is 10.1. The summed E-state index contributed by atoms with van der Waals surface area (Å²) in [6.07, 6.45) is 0.941. The second-order valence-corrected chi connectivity index (χ2v) is 6.30. The summed E-state index contributed by atoms with van der Waals surface area (Å²) in [5.41, 5.74) is 1.88. The highest BCUT2D eigenvalue weighted by atomic mass is 16.5. The molecule has 1 amide bonds. The van der Waals surface area contributed by atoms with Crippen LogP contribution in [0.25, 0.3) is 11.4 Å². The van der Waals surface area contributed by atoms with E-state index in [1.807, 2.05) is 62.4 Å². The number of hydrogen-bond donors (Lipinski definition) is 1. The number of nitrogens with one attached hydrogen (secondary N) is 1. The Bertz CT molecular complexity index is 925. The summed E-state index contributed by atoms with van der Waals surface area (Å²) in [6.45, 7) is 5.19. The van der Waals surface area contributed by atoms with Crippen molar-refractivity contribution in [2.24, 2.45) is 0 Å². The zero-order valence-corrected chi connectivity index (χ0v) is 16.7. The molecule has 0 bridgehead atoms. The van der Waals surface area contributed by atoms with Crippen molar-refractivity contribution in [1.82, 2.24) is 15.5 Å². The highest BCUT2D eigenvalue weighted by Gasteiger charge is 2.11. The lowest BCUT2D eigenvalue weighted by Gasteiger charge is -2.12. The van der Waals surface area contributed by atoms with Crippen LogP contribution < -0.4 is 14.8 Å². The molecule has 0 atom stereocenters. The lowest BCUT2D eigenvalue weighted by molar-refractivity contribution is -0.121. The Morgan fingerprint density at radius 2 is 1.79 bits per heavy atom. The molecular formula is C22H25N3O4. The van der Waals surface area contributed by atoms with Crippen LogP contribution in [0.2, 0.25) is 0 Å². The largest absolute Gasteiger partial charge is 0.490 e. The molecule has 0 aliphatic heterocycles. The van der Waals surface area contributed by atoms with Crippen molar-refractivity contribution < 1.29 is 18.8 Å². The van der Waals surface area contributed by atoms with E-state index in [1.54, 1.807) is 0 Å². The Balaban J connectivity index is 1.50. The quantitative estimate of drug-likeness (QED) is 0.562. The van der Waals surface area contributed by atoms with Crippen LogP contribution in [-0.2, 0) is 17.8 Å². The number of ether oxygens (including phenoxy) is 2. The number of carbonyl (C=O) groups excluding carboxylic acids is 1. The van der Waals surface area contributed by atoms with Gasteiger partial charge in [0, 0.05) is 12.0 Å². The Labute approximate surface area is 170 Å². The second-order valence-electron chi connectivity index (χ2n) is 6.30. The summed E-state index contributed by atoms with van der Waals surface area (Å²) in [5, 5.41) is 6.76. The predicted octanol–water partition coefficient (Wildman–Crippen LogP) is 3.78. The molecule has 0 spiro atoms. The number of benzene rings is 2. The van der Waals surface area contributed by atoms with Crippen molar-refractivity contribution in [1.29, 1.82) is 0 Å². The van der Waals surface area contributed by atoms with E-state index >= 15 is 0 Å². The van der Waals surface area contributed by atoms with Gasteiger partial charge in [0.2, 0.25) is 17.6 Å². The number of amides is 1. The molecule has 0 unspecified atom stereocenters. The van der Waals surface area contributed by atoms with Gasteiger partial charge in [-0.1, -0.05) is 41.6 Å². The summed E-state index contributed by atoms with van der Waals surface area (Å²) < 4.78 is 16.4. The summed E-state index contributed by atoms with van der Waals surface area (Å²) in [5.74, 6) is 2.21. The molecule has 7 heteroatoms. The van der Waals surface area contributed by atoms with E-state index in [0.29, 0.717) is 49.3 Å². The fourth-order valence-electron chi connectivity index (χ4n) is 2.80. The summed E-state index contributed by atoms with van der Waals surface area (Å²) >= 11 is 0. The molecule has 1 heterocycles. The Hall–Kier alpha value is -3.35. The van der Waals surface area contributed by atoms with Gasteiger partial charge >= 0.3 is 0 Å². The van der Waals surface area contributed by atoms with Crippen molar-refractivity contribution in [2.75, 3.05) is 13.2 Å². The summed E-state index contributed by atoms with van der Waals surface area (Å²) in [4.78, 5) is 16.5. The molecule has 0 aliphatic rings. The van der Waals surface area contributed by atoms with Gasteiger partial charge in [0.1, 0.15) is 0 Å². The lowest BCUT2D eigenvalue weighted by Crippen LogP contribution is -2.23. The fourth-order valence-corrected chi connectivity index (χ4v) is 2.80. The molecule has 0 radical (unpaired) electrons. The highest BCUT2D eigenvalue weighted by Crippen LogP contribution is 2.29. The molecular weight excluding hydrogens is 370 g/mol. The van der Waals surface area contributed by atoms with Gasteiger partial charge in [0.25, 0.3) is 0 Å². The van der Waals surface area contributed by atoms with Gasteiger partial charge in [0.05, 0.1) is 19.8 Å². The topological polar surface area (TPSA) is 86.5 Å². The van der Waals surface area contributed by atoms with Crippen molar-refractivity contribution in [3.8, 4) is 22.9 Å². The number of nitrogens with zero attached hydrogens (tertiary/aromatic N) is 2. The third-order valence-corrected chi connectivity index (χ3v) is 4.19. The number of rotatable bonds is 10. The van der Waals surface area contributed by atoms with Crippen molar-refractivity contribution in [3.63, 3.8) is 0 Å².